The van der Waals surface area contributed by atoms with Crippen molar-refractivity contribution in [2.75, 3.05) is 20.1 Å². The lowest BCUT2D eigenvalue weighted by Gasteiger charge is -2.31. The molecule has 0 spiro atoms. The van der Waals surface area contributed by atoms with E-state index in [1.165, 1.54) is 37.7 Å². The molecule has 126 valence electrons. The van der Waals surface area contributed by atoms with E-state index in [0.29, 0.717) is 23.8 Å². The van der Waals surface area contributed by atoms with Crippen molar-refractivity contribution in [3.05, 3.63) is 35.9 Å². The summed E-state index contributed by atoms with van der Waals surface area (Å²) < 4.78 is 0. The van der Waals surface area contributed by atoms with Gasteiger partial charge in [0.15, 0.2) is 0 Å². The molecule has 1 aromatic rings. The molecule has 3 heteroatoms. The zero-order valence-electron chi connectivity index (χ0n) is 14.3. The van der Waals surface area contributed by atoms with Crippen LogP contribution in [-0.4, -0.2) is 37.0 Å². The monoisotopic (exact) mass is 314 g/mol. The quantitative estimate of drug-likeness (QED) is 0.901. The molecule has 3 rings (SSSR count). The predicted octanol–water partition coefficient (Wildman–Crippen LogP) is 3.56. The van der Waals surface area contributed by atoms with Crippen LogP contribution in [0.4, 0.5) is 0 Å². The minimum absolute atomic E-state index is 0.394. The van der Waals surface area contributed by atoms with E-state index in [2.05, 4.69) is 40.5 Å². The molecule has 0 bridgehead atoms. The number of nitrogens with one attached hydrogen (secondary N) is 1. The van der Waals surface area contributed by atoms with Crippen molar-refractivity contribution in [1.82, 2.24) is 10.2 Å². The normalized spacial score (nSPS) is 28.0. The summed E-state index contributed by atoms with van der Waals surface area (Å²) in [5.41, 5.74) is 1.48. The molecule has 1 atom stereocenters. The highest BCUT2D eigenvalue weighted by atomic mass is 16.2. The van der Waals surface area contributed by atoms with Gasteiger partial charge in [0.2, 0.25) is 5.91 Å². The van der Waals surface area contributed by atoms with Gasteiger partial charge < -0.3 is 10.2 Å². The molecular formula is C20H30N2O. The molecule has 1 saturated carbocycles. The van der Waals surface area contributed by atoms with Crippen LogP contribution in [-0.2, 0) is 4.79 Å². The van der Waals surface area contributed by atoms with Crippen LogP contribution < -0.4 is 5.32 Å². The zero-order chi connectivity index (χ0) is 16.1. The van der Waals surface area contributed by atoms with Crippen LogP contribution in [0.1, 0.15) is 56.4 Å². The van der Waals surface area contributed by atoms with E-state index in [-0.39, 0.29) is 0 Å². The Bertz CT molecular complexity index is 494. The van der Waals surface area contributed by atoms with Gasteiger partial charge in [0.1, 0.15) is 0 Å². The van der Waals surface area contributed by atoms with Crippen molar-refractivity contribution in [3.8, 4) is 0 Å². The maximum Gasteiger partial charge on any atom is 0.223 e. The number of hydrogen-bond acceptors (Lipinski definition) is 2. The lowest BCUT2D eigenvalue weighted by Crippen LogP contribution is -2.41. The molecule has 1 saturated heterocycles. The van der Waals surface area contributed by atoms with Gasteiger partial charge in [0.05, 0.1) is 0 Å². The van der Waals surface area contributed by atoms with Crippen LogP contribution in [0.2, 0.25) is 0 Å². The lowest BCUT2D eigenvalue weighted by molar-refractivity contribution is -0.133. The van der Waals surface area contributed by atoms with E-state index < -0.39 is 0 Å². The molecule has 2 fully saturated rings. The molecule has 3 nitrogen and oxygen atoms in total. The van der Waals surface area contributed by atoms with Gasteiger partial charge >= 0.3 is 0 Å². The minimum atomic E-state index is 0.394. The molecule has 1 aliphatic heterocycles. The van der Waals surface area contributed by atoms with Crippen LogP contribution in [0, 0.1) is 5.92 Å². The molecule has 1 unspecified atom stereocenters. The minimum Gasteiger partial charge on any atom is -0.338 e. The molecule has 0 aromatic heterocycles. The molecule has 0 radical (unpaired) electrons. The summed E-state index contributed by atoms with van der Waals surface area (Å²) >= 11 is 0. The first-order valence-electron chi connectivity index (χ1n) is 9.27. The summed E-state index contributed by atoms with van der Waals surface area (Å²) in [6.07, 6.45) is 7.98. The second-order valence-electron chi connectivity index (χ2n) is 7.27. The van der Waals surface area contributed by atoms with Gasteiger partial charge in [-0.25, -0.2) is 0 Å². The summed E-state index contributed by atoms with van der Waals surface area (Å²) in [6, 6.07) is 11.3. The Kier molecular flexibility index (Phi) is 5.71. The molecule has 1 aliphatic carbocycles. The fourth-order valence-electron chi connectivity index (χ4n) is 4.40. The third-order valence-corrected chi connectivity index (χ3v) is 5.72. The van der Waals surface area contributed by atoms with Gasteiger partial charge in [-0.05, 0) is 63.0 Å². The van der Waals surface area contributed by atoms with Gasteiger partial charge in [0, 0.05) is 25.6 Å². The average Bonchev–Trinajstić information content (AvgIpc) is 3.05. The van der Waals surface area contributed by atoms with E-state index in [9.17, 15) is 4.79 Å². The standard InChI is InChI=1S/C20H30N2O/c1-21-15-19-8-5-13-22(19)20(23)14-16-9-11-18(12-10-16)17-6-3-2-4-7-17/h2-4,6-7,16,18-19,21H,5,8-15H2,1H3. The number of nitrogens with zero attached hydrogens (tertiary/aromatic N) is 1. The predicted molar refractivity (Wildman–Crippen MR) is 94.4 cm³/mol. The summed E-state index contributed by atoms with van der Waals surface area (Å²) in [6.45, 7) is 1.90. The Morgan fingerprint density at radius 3 is 2.57 bits per heavy atom. The summed E-state index contributed by atoms with van der Waals surface area (Å²) in [4.78, 5) is 14.8. The largest absolute Gasteiger partial charge is 0.338 e. The first-order valence-corrected chi connectivity index (χ1v) is 9.27. The summed E-state index contributed by atoms with van der Waals surface area (Å²) in [7, 11) is 1.98. The first-order chi connectivity index (χ1) is 11.3. The van der Waals surface area contributed by atoms with Gasteiger partial charge in [-0.1, -0.05) is 30.3 Å². The molecular weight excluding hydrogens is 284 g/mol. The number of benzene rings is 1. The van der Waals surface area contributed by atoms with Crippen LogP contribution in [0.15, 0.2) is 30.3 Å². The van der Waals surface area contributed by atoms with Gasteiger partial charge in [-0.2, -0.15) is 0 Å². The fraction of sp³-hybridized carbons (Fsp3) is 0.650. The number of rotatable bonds is 5. The maximum atomic E-state index is 12.6. The molecule has 1 N–H and O–H groups in total. The highest BCUT2D eigenvalue weighted by Gasteiger charge is 2.31. The Labute approximate surface area is 140 Å². The van der Waals surface area contributed by atoms with Crippen LogP contribution in [0.5, 0.6) is 0 Å². The Morgan fingerprint density at radius 1 is 1.13 bits per heavy atom. The van der Waals surface area contributed by atoms with E-state index in [0.717, 1.165) is 25.9 Å². The third-order valence-electron chi connectivity index (χ3n) is 5.72. The van der Waals surface area contributed by atoms with Crippen molar-refractivity contribution in [2.45, 2.75) is 56.9 Å². The second-order valence-corrected chi connectivity index (χ2v) is 7.27. The number of amides is 1. The van der Waals surface area contributed by atoms with E-state index in [4.69, 9.17) is 0 Å². The van der Waals surface area contributed by atoms with Crippen LogP contribution in [0.3, 0.4) is 0 Å². The smallest absolute Gasteiger partial charge is 0.223 e. The molecule has 1 amide bonds. The SMILES string of the molecule is CNCC1CCCN1C(=O)CC1CCC(c2ccccc2)CC1. The number of likely N-dealkylation sites (tertiary alicyclic amines) is 1. The number of carbonyl (C=O) groups excluding carboxylic acids is 1. The number of likely N-dealkylation sites (N-methyl/N-ethyl adjacent to an activating group) is 1. The summed E-state index contributed by atoms with van der Waals surface area (Å²) in [5, 5.41) is 3.23. The topological polar surface area (TPSA) is 32.3 Å². The van der Waals surface area contributed by atoms with E-state index in [1.807, 2.05) is 7.05 Å². The third kappa shape index (κ3) is 4.14. The Hall–Kier alpha value is -1.35. The van der Waals surface area contributed by atoms with Crippen molar-refractivity contribution < 1.29 is 4.79 Å². The first kappa shape index (κ1) is 16.5. The van der Waals surface area contributed by atoms with Gasteiger partial charge in [-0.3, -0.25) is 4.79 Å². The number of carbonyl (C=O) groups is 1. The van der Waals surface area contributed by atoms with Gasteiger partial charge in [0.25, 0.3) is 0 Å². The van der Waals surface area contributed by atoms with E-state index in [1.54, 1.807) is 0 Å². The van der Waals surface area contributed by atoms with Crippen LogP contribution >= 0.6 is 0 Å². The second kappa shape index (κ2) is 7.96. The van der Waals surface area contributed by atoms with Crippen molar-refractivity contribution in [3.63, 3.8) is 0 Å². The van der Waals surface area contributed by atoms with Crippen molar-refractivity contribution in [2.24, 2.45) is 5.92 Å². The average molecular weight is 314 g/mol. The highest BCUT2D eigenvalue weighted by Crippen LogP contribution is 2.37. The zero-order valence-corrected chi connectivity index (χ0v) is 14.3. The highest BCUT2D eigenvalue weighted by molar-refractivity contribution is 5.77. The Morgan fingerprint density at radius 2 is 1.87 bits per heavy atom. The Balaban J connectivity index is 1.48. The molecule has 23 heavy (non-hydrogen) atoms. The van der Waals surface area contributed by atoms with E-state index >= 15 is 0 Å². The summed E-state index contributed by atoms with van der Waals surface area (Å²) in [5.74, 6) is 1.69. The molecule has 2 aliphatic rings. The lowest BCUT2D eigenvalue weighted by atomic mass is 9.77. The molecule has 1 aromatic carbocycles. The van der Waals surface area contributed by atoms with Crippen molar-refractivity contribution in [1.29, 1.82) is 0 Å². The fourth-order valence-corrected chi connectivity index (χ4v) is 4.40. The van der Waals surface area contributed by atoms with Crippen molar-refractivity contribution >= 4 is 5.91 Å². The molecule has 1 heterocycles. The van der Waals surface area contributed by atoms with Crippen LogP contribution in [0.25, 0.3) is 0 Å². The maximum absolute atomic E-state index is 12.6. The number of hydrogen-bond donors (Lipinski definition) is 1. The van der Waals surface area contributed by atoms with Gasteiger partial charge in [-0.15, -0.1) is 0 Å².